The lowest BCUT2D eigenvalue weighted by Crippen LogP contribution is -2.01. The van der Waals surface area contributed by atoms with E-state index in [1.54, 1.807) is 0 Å². The summed E-state index contributed by atoms with van der Waals surface area (Å²) in [4.78, 5) is 4.49. The van der Waals surface area contributed by atoms with E-state index in [-0.39, 0.29) is 0 Å². The highest BCUT2D eigenvalue weighted by atomic mass is 15.0. The SMILES string of the molecule is Cc1cnc(Nc2cc(C)c(C#N)cc2C2CC2)c(C)c1. The van der Waals surface area contributed by atoms with Crippen LogP contribution in [0.25, 0.3) is 0 Å². The van der Waals surface area contributed by atoms with Gasteiger partial charge in [-0.25, -0.2) is 4.98 Å². The molecule has 0 unspecified atom stereocenters. The number of rotatable bonds is 3. The van der Waals surface area contributed by atoms with E-state index in [9.17, 15) is 5.26 Å². The van der Waals surface area contributed by atoms with Crippen LogP contribution in [0.15, 0.2) is 24.4 Å². The van der Waals surface area contributed by atoms with Gasteiger partial charge in [0.05, 0.1) is 11.6 Å². The van der Waals surface area contributed by atoms with Gasteiger partial charge in [0, 0.05) is 11.9 Å². The third-order valence-electron chi connectivity index (χ3n) is 4.00. The molecule has 0 radical (unpaired) electrons. The standard InChI is InChI=1S/C18H19N3/c1-11-6-13(3)18(20-10-11)21-17-7-12(2)15(9-19)8-16(17)14-4-5-14/h6-8,10,14H,4-5H2,1-3H3,(H,20,21). The predicted molar refractivity (Wildman–Crippen MR) is 84.9 cm³/mol. The van der Waals surface area contributed by atoms with Crippen molar-refractivity contribution in [3.05, 3.63) is 52.2 Å². The summed E-state index contributed by atoms with van der Waals surface area (Å²) in [6.07, 6.45) is 4.30. The predicted octanol–water partition coefficient (Wildman–Crippen LogP) is 4.50. The van der Waals surface area contributed by atoms with Crippen LogP contribution in [-0.4, -0.2) is 4.98 Å². The summed E-state index contributed by atoms with van der Waals surface area (Å²) in [5, 5.41) is 12.7. The molecule has 1 saturated carbocycles. The molecule has 1 aromatic carbocycles. The average Bonchev–Trinajstić information content (AvgIpc) is 3.26. The first-order valence-corrected chi connectivity index (χ1v) is 7.33. The van der Waals surface area contributed by atoms with Gasteiger partial charge in [0.15, 0.2) is 0 Å². The van der Waals surface area contributed by atoms with Crippen LogP contribution in [0.2, 0.25) is 0 Å². The first kappa shape index (κ1) is 13.6. The molecule has 1 heterocycles. The normalized spacial score (nSPS) is 13.8. The second-order valence-electron chi connectivity index (χ2n) is 5.94. The van der Waals surface area contributed by atoms with E-state index in [1.165, 1.54) is 18.4 Å². The second-order valence-corrected chi connectivity index (χ2v) is 5.94. The van der Waals surface area contributed by atoms with Gasteiger partial charge in [-0.3, -0.25) is 0 Å². The Morgan fingerprint density at radius 1 is 1.14 bits per heavy atom. The van der Waals surface area contributed by atoms with Gasteiger partial charge in [-0.1, -0.05) is 6.07 Å². The van der Waals surface area contributed by atoms with E-state index < -0.39 is 0 Å². The lowest BCUT2D eigenvalue weighted by molar-refractivity contribution is 1.11. The van der Waals surface area contributed by atoms with Gasteiger partial charge in [-0.05, 0) is 73.9 Å². The van der Waals surface area contributed by atoms with Crippen LogP contribution in [-0.2, 0) is 0 Å². The van der Waals surface area contributed by atoms with E-state index in [2.05, 4.69) is 35.4 Å². The Balaban J connectivity index is 2.01. The number of hydrogen-bond donors (Lipinski definition) is 1. The van der Waals surface area contributed by atoms with Crippen LogP contribution in [0.3, 0.4) is 0 Å². The molecule has 0 aliphatic heterocycles. The van der Waals surface area contributed by atoms with Gasteiger partial charge in [-0.15, -0.1) is 0 Å². The van der Waals surface area contributed by atoms with Crippen molar-refractivity contribution in [2.24, 2.45) is 0 Å². The van der Waals surface area contributed by atoms with Crippen molar-refractivity contribution in [1.29, 1.82) is 5.26 Å². The van der Waals surface area contributed by atoms with Crippen LogP contribution < -0.4 is 5.32 Å². The highest BCUT2D eigenvalue weighted by Crippen LogP contribution is 2.44. The van der Waals surface area contributed by atoms with Crippen molar-refractivity contribution < 1.29 is 0 Å². The van der Waals surface area contributed by atoms with Crippen LogP contribution in [0.5, 0.6) is 0 Å². The molecule has 1 fully saturated rings. The fraction of sp³-hybridized carbons (Fsp3) is 0.333. The number of nitriles is 1. The third kappa shape index (κ3) is 2.75. The van der Waals surface area contributed by atoms with E-state index in [4.69, 9.17) is 0 Å². The number of benzene rings is 1. The number of pyridine rings is 1. The molecule has 2 aromatic rings. The summed E-state index contributed by atoms with van der Waals surface area (Å²) in [5.41, 5.74) is 6.42. The Morgan fingerprint density at radius 2 is 1.90 bits per heavy atom. The Bertz CT molecular complexity index is 737. The number of aromatic nitrogens is 1. The zero-order valence-electron chi connectivity index (χ0n) is 12.7. The van der Waals surface area contributed by atoms with E-state index in [0.29, 0.717) is 5.92 Å². The van der Waals surface area contributed by atoms with Crippen molar-refractivity contribution in [2.75, 3.05) is 5.32 Å². The van der Waals surface area contributed by atoms with Crippen LogP contribution in [0.1, 0.15) is 46.6 Å². The summed E-state index contributed by atoms with van der Waals surface area (Å²) >= 11 is 0. The van der Waals surface area contributed by atoms with Crippen molar-refractivity contribution in [2.45, 2.75) is 39.5 Å². The van der Waals surface area contributed by atoms with Crippen LogP contribution in [0.4, 0.5) is 11.5 Å². The Hall–Kier alpha value is -2.34. The minimum Gasteiger partial charge on any atom is -0.340 e. The maximum absolute atomic E-state index is 9.22. The van der Waals surface area contributed by atoms with Crippen molar-refractivity contribution >= 4 is 11.5 Å². The molecule has 3 heteroatoms. The van der Waals surface area contributed by atoms with Gasteiger partial charge in [0.25, 0.3) is 0 Å². The van der Waals surface area contributed by atoms with Crippen molar-refractivity contribution in [3.63, 3.8) is 0 Å². The smallest absolute Gasteiger partial charge is 0.133 e. The Labute approximate surface area is 125 Å². The molecular weight excluding hydrogens is 258 g/mol. The Kier molecular flexibility index (Phi) is 3.39. The number of nitrogens with one attached hydrogen (secondary N) is 1. The van der Waals surface area contributed by atoms with E-state index in [1.807, 2.05) is 26.1 Å². The summed E-state index contributed by atoms with van der Waals surface area (Å²) < 4.78 is 0. The van der Waals surface area contributed by atoms with Gasteiger partial charge < -0.3 is 5.32 Å². The highest BCUT2D eigenvalue weighted by molar-refractivity contribution is 5.67. The number of anilines is 2. The number of aryl methyl sites for hydroxylation is 3. The van der Waals surface area contributed by atoms with E-state index in [0.717, 1.165) is 33.8 Å². The fourth-order valence-electron chi connectivity index (χ4n) is 2.66. The van der Waals surface area contributed by atoms with Gasteiger partial charge in [-0.2, -0.15) is 5.26 Å². The van der Waals surface area contributed by atoms with Gasteiger partial charge >= 0.3 is 0 Å². The molecule has 0 saturated heterocycles. The van der Waals surface area contributed by atoms with Gasteiger partial charge in [0.2, 0.25) is 0 Å². The first-order valence-electron chi connectivity index (χ1n) is 7.33. The van der Waals surface area contributed by atoms with E-state index >= 15 is 0 Å². The molecule has 1 aromatic heterocycles. The summed E-state index contributed by atoms with van der Waals surface area (Å²) in [6, 6.07) is 8.53. The molecule has 106 valence electrons. The molecule has 1 N–H and O–H groups in total. The molecule has 1 aliphatic rings. The first-order chi connectivity index (χ1) is 10.1. The van der Waals surface area contributed by atoms with Crippen LogP contribution in [0, 0.1) is 32.1 Å². The zero-order chi connectivity index (χ0) is 15.0. The minimum absolute atomic E-state index is 0.589. The lowest BCUT2D eigenvalue weighted by Gasteiger charge is -2.15. The number of hydrogen-bond acceptors (Lipinski definition) is 3. The minimum atomic E-state index is 0.589. The maximum Gasteiger partial charge on any atom is 0.133 e. The molecule has 1 aliphatic carbocycles. The van der Waals surface area contributed by atoms with Gasteiger partial charge in [0.1, 0.15) is 5.82 Å². The summed E-state index contributed by atoms with van der Waals surface area (Å²) in [6.45, 7) is 6.09. The maximum atomic E-state index is 9.22. The molecule has 3 nitrogen and oxygen atoms in total. The van der Waals surface area contributed by atoms with Crippen molar-refractivity contribution in [3.8, 4) is 6.07 Å². The molecule has 0 bridgehead atoms. The fourth-order valence-corrected chi connectivity index (χ4v) is 2.66. The summed E-state index contributed by atoms with van der Waals surface area (Å²) in [5.74, 6) is 1.48. The van der Waals surface area contributed by atoms with Crippen LogP contribution >= 0.6 is 0 Å². The summed E-state index contributed by atoms with van der Waals surface area (Å²) in [7, 11) is 0. The molecule has 0 atom stereocenters. The highest BCUT2D eigenvalue weighted by Gasteiger charge is 2.27. The molecular formula is C18H19N3. The lowest BCUT2D eigenvalue weighted by atomic mass is 10.0. The monoisotopic (exact) mass is 277 g/mol. The number of nitrogens with zero attached hydrogens (tertiary/aromatic N) is 2. The molecule has 0 spiro atoms. The molecule has 21 heavy (non-hydrogen) atoms. The zero-order valence-corrected chi connectivity index (χ0v) is 12.7. The third-order valence-corrected chi connectivity index (χ3v) is 4.00. The van der Waals surface area contributed by atoms with Crippen molar-refractivity contribution in [1.82, 2.24) is 4.98 Å². The Morgan fingerprint density at radius 3 is 2.52 bits per heavy atom. The largest absolute Gasteiger partial charge is 0.340 e. The second kappa shape index (κ2) is 5.21. The topological polar surface area (TPSA) is 48.7 Å². The quantitative estimate of drug-likeness (QED) is 0.898. The average molecular weight is 277 g/mol. The molecule has 3 rings (SSSR count). The molecule has 0 amide bonds.